The van der Waals surface area contributed by atoms with Gasteiger partial charge in [0, 0.05) is 30.3 Å². The lowest BCUT2D eigenvalue weighted by atomic mass is 9.84. The topological polar surface area (TPSA) is 145 Å². The number of aliphatic hydroxyl groups excluding tert-OH is 1. The highest BCUT2D eigenvalue weighted by Gasteiger charge is 2.45. The van der Waals surface area contributed by atoms with E-state index in [1.165, 1.54) is 7.11 Å². The second-order valence-electron chi connectivity index (χ2n) is 8.88. The van der Waals surface area contributed by atoms with E-state index in [0.29, 0.717) is 46.9 Å². The molecule has 12 heteroatoms. The van der Waals surface area contributed by atoms with Gasteiger partial charge in [0.1, 0.15) is 5.82 Å². The van der Waals surface area contributed by atoms with Gasteiger partial charge >= 0.3 is 0 Å². The summed E-state index contributed by atoms with van der Waals surface area (Å²) >= 11 is 0. The van der Waals surface area contributed by atoms with Crippen molar-refractivity contribution < 1.29 is 18.3 Å². The Labute approximate surface area is 204 Å². The number of aliphatic hydroxyl groups is 1. The SMILES string of the molecule is COc1cc(Nc2cc(CO)[nH]n2)nc(N[C@@H]2C[C@H]3CCC[C@@H](C2)N3S(=O)(=O)c2ccccc2)n1. The van der Waals surface area contributed by atoms with Crippen LogP contribution in [0.1, 0.15) is 37.8 Å². The molecule has 11 nitrogen and oxygen atoms in total. The summed E-state index contributed by atoms with van der Waals surface area (Å²) in [5, 5.41) is 22.5. The van der Waals surface area contributed by atoms with Gasteiger partial charge in [-0.2, -0.15) is 19.4 Å². The van der Waals surface area contributed by atoms with Gasteiger partial charge in [-0.05, 0) is 37.8 Å². The number of piperidine rings is 2. The molecule has 0 unspecified atom stereocenters. The van der Waals surface area contributed by atoms with Crippen molar-refractivity contribution in [2.45, 2.75) is 61.7 Å². The fraction of sp³-hybridized carbons (Fsp3) is 0.435. The molecule has 2 fully saturated rings. The van der Waals surface area contributed by atoms with Crippen LogP contribution in [0.5, 0.6) is 5.88 Å². The largest absolute Gasteiger partial charge is 0.481 e. The first-order chi connectivity index (χ1) is 17.0. The normalized spacial score (nSPS) is 22.5. The van der Waals surface area contributed by atoms with Gasteiger partial charge in [-0.15, -0.1) is 0 Å². The standard InChI is InChI=1S/C23H29N7O4S/c1-34-22-13-20(25-21-12-16(14-31)28-29-21)26-23(27-22)24-15-10-17-6-5-7-18(11-15)30(17)35(32,33)19-8-3-2-4-9-19/h2-4,8-9,12-13,15,17-18,31H,5-7,10-11,14H2,1H3,(H3,24,25,26,27,28,29)/t15-,17-,18+. The van der Waals surface area contributed by atoms with Crippen molar-refractivity contribution in [2.24, 2.45) is 0 Å². The number of nitrogens with one attached hydrogen (secondary N) is 3. The van der Waals surface area contributed by atoms with E-state index in [1.54, 1.807) is 40.7 Å². The zero-order chi connectivity index (χ0) is 24.4. The Morgan fingerprint density at radius 3 is 2.51 bits per heavy atom. The second-order valence-corrected chi connectivity index (χ2v) is 10.7. The molecule has 5 rings (SSSR count). The van der Waals surface area contributed by atoms with E-state index in [1.807, 2.05) is 6.07 Å². The van der Waals surface area contributed by atoms with Crippen molar-refractivity contribution in [3.8, 4) is 5.88 Å². The van der Waals surface area contributed by atoms with Gasteiger partial charge in [0.15, 0.2) is 5.82 Å². The molecule has 2 aliphatic rings. The van der Waals surface area contributed by atoms with E-state index in [2.05, 4.69) is 30.8 Å². The lowest BCUT2D eigenvalue weighted by molar-refractivity contribution is 0.115. The lowest BCUT2D eigenvalue weighted by Gasteiger charge is -2.47. The number of methoxy groups -OCH3 is 1. The van der Waals surface area contributed by atoms with Crippen LogP contribution < -0.4 is 15.4 Å². The molecule has 35 heavy (non-hydrogen) atoms. The number of fused-ring (bicyclic) bond motifs is 2. The van der Waals surface area contributed by atoms with E-state index < -0.39 is 10.0 Å². The van der Waals surface area contributed by atoms with Crippen LogP contribution in [-0.4, -0.2) is 63.2 Å². The number of hydrogen-bond donors (Lipinski definition) is 4. The van der Waals surface area contributed by atoms with Crippen LogP contribution in [0.4, 0.5) is 17.6 Å². The van der Waals surface area contributed by atoms with Crippen LogP contribution in [0.3, 0.4) is 0 Å². The Morgan fingerprint density at radius 2 is 1.86 bits per heavy atom. The fourth-order valence-corrected chi connectivity index (χ4v) is 6.95. The highest BCUT2D eigenvalue weighted by molar-refractivity contribution is 7.89. The Bertz CT molecular complexity index is 1250. The first-order valence-corrected chi connectivity index (χ1v) is 13.1. The quantitative estimate of drug-likeness (QED) is 0.367. The molecule has 1 aromatic carbocycles. The predicted molar refractivity (Wildman–Crippen MR) is 130 cm³/mol. The second kappa shape index (κ2) is 9.80. The number of anilines is 3. The Balaban J connectivity index is 1.33. The first-order valence-electron chi connectivity index (χ1n) is 11.7. The van der Waals surface area contributed by atoms with Crippen molar-refractivity contribution in [1.29, 1.82) is 0 Å². The summed E-state index contributed by atoms with van der Waals surface area (Å²) in [6.07, 6.45) is 4.03. The summed E-state index contributed by atoms with van der Waals surface area (Å²) in [5.41, 5.74) is 0.579. The summed E-state index contributed by atoms with van der Waals surface area (Å²) in [6.45, 7) is -0.143. The molecule has 3 atom stereocenters. The van der Waals surface area contributed by atoms with Crippen LogP contribution in [0.2, 0.25) is 0 Å². The molecule has 186 valence electrons. The minimum absolute atomic E-state index is 0.0267. The molecule has 2 aliphatic heterocycles. The number of aromatic amines is 1. The zero-order valence-electron chi connectivity index (χ0n) is 19.4. The number of H-pyrrole nitrogens is 1. The Morgan fingerprint density at radius 1 is 1.11 bits per heavy atom. The molecule has 0 amide bonds. The molecule has 0 radical (unpaired) electrons. The number of sulfonamides is 1. The van der Waals surface area contributed by atoms with Crippen LogP contribution >= 0.6 is 0 Å². The van der Waals surface area contributed by atoms with Crippen molar-refractivity contribution in [2.75, 3.05) is 17.7 Å². The van der Waals surface area contributed by atoms with Crippen molar-refractivity contribution in [3.05, 3.63) is 48.2 Å². The Hall–Kier alpha value is -3.22. The number of nitrogens with zero attached hydrogens (tertiary/aromatic N) is 4. The fourth-order valence-electron chi connectivity index (χ4n) is 5.04. The van der Waals surface area contributed by atoms with Gasteiger partial charge in [0.25, 0.3) is 0 Å². The third kappa shape index (κ3) is 4.95. The summed E-state index contributed by atoms with van der Waals surface area (Å²) < 4.78 is 33.9. The van der Waals surface area contributed by atoms with E-state index in [0.717, 1.165) is 19.3 Å². The molecule has 0 spiro atoms. The summed E-state index contributed by atoms with van der Waals surface area (Å²) in [4.78, 5) is 9.33. The maximum Gasteiger partial charge on any atom is 0.243 e. The van der Waals surface area contributed by atoms with Gasteiger partial charge in [0.05, 0.1) is 24.3 Å². The summed E-state index contributed by atoms with van der Waals surface area (Å²) in [7, 11) is -2.02. The van der Waals surface area contributed by atoms with Crippen LogP contribution in [0, 0.1) is 0 Å². The van der Waals surface area contributed by atoms with E-state index in [-0.39, 0.29) is 24.7 Å². The minimum atomic E-state index is -3.55. The van der Waals surface area contributed by atoms with Crippen molar-refractivity contribution in [1.82, 2.24) is 24.5 Å². The average molecular weight is 500 g/mol. The van der Waals surface area contributed by atoms with Crippen molar-refractivity contribution >= 4 is 27.6 Å². The number of benzene rings is 1. The van der Waals surface area contributed by atoms with Gasteiger partial charge in [-0.25, -0.2) is 8.42 Å². The van der Waals surface area contributed by atoms with Gasteiger partial charge < -0.3 is 20.5 Å². The van der Waals surface area contributed by atoms with Gasteiger partial charge in [-0.3, -0.25) is 5.10 Å². The molecule has 4 N–H and O–H groups in total. The van der Waals surface area contributed by atoms with Crippen molar-refractivity contribution in [3.63, 3.8) is 0 Å². The third-order valence-electron chi connectivity index (χ3n) is 6.53. The predicted octanol–water partition coefficient (Wildman–Crippen LogP) is 2.63. The number of hydrogen-bond acceptors (Lipinski definition) is 9. The smallest absolute Gasteiger partial charge is 0.243 e. The number of rotatable bonds is 8. The maximum absolute atomic E-state index is 13.4. The molecule has 2 saturated heterocycles. The van der Waals surface area contributed by atoms with Gasteiger partial charge in [-0.1, -0.05) is 24.6 Å². The average Bonchev–Trinajstić information content (AvgIpc) is 3.31. The highest BCUT2D eigenvalue weighted by Crippen LogP contribution is 2.39. The summed E-state index contributed by atoms with van der Waals surface area (Å²) in [6, 6.07) is 11.9. The molecule has 2 aromatic heterocycles. The number of ether oxygens (including phenoxy) is 1. The van der Waals surface area contributed by atoms with E-state index in [9.17, 15) is 13.5 Å². The third-order valence-corrected chi connectivity index (χ3v) is 8.55. The zero-order valence-corrected chi connectivity index (χ0v) is 20.2. The van der Waals surface area contributed by atoms with Crippen LogP contribution in [-0.2, 0) is 16.6 Å². The first kappa shape index (κ1) is 23.5. The van der Waals surface area contributed by atoms with E-state index >= 15 is 0 Å². The number of aromatic nitrogens is 4. The minimum Gasteiger partial charge on any atom is -0.481 e. The van der Waals surface area contributed by atoms with Gasteiger partial charge in [0.2, 0.25) is 21.9 Å². The molecule has 0 aliphatic carbocycles. The molecular formula is C23H29N7O4S. The van der Waals surface area contributed by atoms with Crippen LogP contribution in [0.15, 0.2) is 47.4 Å². The van der Waals surface area contributed by atoms with E-state index in [4.69, 9.17) is 4.74 Å². The molecule has 2 bridgehead atoms. The van der Waals surface area contributed by atoms with Crippen LogP contribution in [0.25, 0.3) is 0 Å². The molecule has 4 heterocycles. The molecule has 3 aromatic rings. The molecular weight excluding hydrogens is 470 g/mol. The summed E-state index contributed by atoms with van der Waals surface area (Å²) in [5.74, 6) is 1.77. The maximum atomic E-state index is 13.4. The monoisotopic (exact) mass is 499 g/mol. The Kier molecular flexibility index (Phi) is 6.58. The highest BCUT2D eigenvalue weighted by atomic mass is 32.2. The molecule has 0 saturated carbocycles. The lowest BCUT2D eigenvalue weighted by Crippen LogP contribution is -2.56.